The minimum Gasteiger partial charge on any atom is -0.374 e. The molecule has 11 heavy (non-hydrogen) atoms. The van der Waals surface area contributed by atoms with Gasteiger partial charge in [-0.25, -0.2) is 0 Å². The number of carbonyl (C=O) groups excluding carboxylic acids is 1. The van der Waals surface area contributed by atoms with Gasteiger partial charge in [0.1, 0.15) is 6.23 Å². The van der Waals surface area contributed by atoms with E-state index in [2.05, 4.69) is 11.9 Å². The number of carbonyl (C=O) groups is 1. The van der Waals surface area contributed by atoms with E-state index in [1.807, 2.05) is 6.92 Å². The van der Waals surface area contributed by atoms with Crippen LogP contribution in [0, 0.1) is 0 Å². The van der Waals surface area contributed by atoms with E-state index in [9.17, 15) is 4.79 Å². The Kier molecular flexibility index (Phi) is 4.54. The van der Waals surface area contributed by atoms with Gasteiger partial charge in [0.2, 0.25) is 5.91 Å². The van der Waals surface area contributed by atoms with E-state index in [1.54, 1.807) is 6.92 Å². The number of aliphatic hydroxyl groups is 1. The molecule has 0 saturated heterocycles. The number of hydrogen-bond donors (Lipinski definition) is 2. The smallest absolute Gasteiger partial charge is 0.248 e. The van der Waals surface area contributed by atoms with Crippen molar-refractivity contribution in [2.24, 2.45) is 0 Å². The van der Waals surface area contributed by atoms with Gasteiger partial charge in [0.25, 0.3) is 0 Å². The summed E-state index contributed by atoms with van der Waals surface area (Å²) >= 11 is 0. The summed E-state index contributed by atoms with van der Waals surface area (Å²) in [6.07, 6.45) is 0.695. The minimum absolute atomic E-state index is 0.286. The van der Waals surface area contributed by atoms with Crippen LogP contribution in [0.5, 0.6) is 0 Å². The summed E-state index contributed by atoms with van der Waals surface area (Å²) in [5, 5.41) is 11.5. The summed E-state index contributed by atoms with van der Waals surface area (Å²) in [5.41, 5.74) is 0.417. The Morgan fingerprint density at radius 3 is 2.64 bits per heavy atom. The third-order valence-corrected chi connectivity index (χ3v) is 1.25. The predicted molar refractivity (Wildman–Crippen MR) is 43.9 cm³/mol. The molecule has 0 aliphatic heterocycles. The maximum absolute atomic E-state index is 10.9. The molecule has 0 spiro atoms. The lowest BCUT2D eigenvalue weighted by Gasteiger charge is -2.10. The largest absolute Gasteiger partial charge is 0.374 e. The molecule has 0 rings (SSSR count). The fourth-order valence-electron chi connectivity index (χ4n) is 0.620. The molecule has 0 bridgehead atoms. The van der Waals surface area contributed by atoms with Gasteiger partial charge in [0, 0.05) is 5.57 Å². The van der Waals surface area contributed by atoms with Crippen LogP contribution in [0.25, 0.3) is 0 Å². The highest BCUT2D eigenvalue weighted by molar-refractivity contribution is 5.92. The average molecular weight is 157 g/mol. The van der Waals surface area contributed by atoms with Crippen molar-refractivity contribution in [2.75, 3.05) is 0 Å². The third kappa shape index (κ3) is 4.56. The molecule has 0 radical (unpaired) electrons. The van der Waals surface area contributed by atoms with Gasteiger partial charge in [0.05, 0.1) is 0 Å². The summed E-state index contributed by atoms with van der Waals surface area (Å²) in [5.74, 6) is -0.286. The Hall–Kier alpha value is -0.830. The summed E-state index contributed by atoms with van der Waals surface area (Å²) in [6.45, 7) is 6.99. The Bertz CT molecular complexity index is 154. The number of nitrogens with one attached hydrogen (secondary N) is 1. The van der Waals surface area contributed by atoms with Crippen molar-refractivity contribution in [3.05, 3.63) is 12.2 Å². The van der Waals surface area contributed by atoms with Gasteiger partial charge in [-0.2, -0.15) is 0 Å². The zero-order valence-corrected chi connectivity index (χ0v) is 7.05. The molecule has 0 saturated carbocycles. The second-order valence-electron chi connectivity index (χ2n) is 2.56. The van der Waals surface area contributed by atoms with Crippen molar-refractivity contribution >= 4 is 5.91 Å². The van der Waals surface area contributed by atoms with Crippen LogP contribution in [0.2, 0.25) is 0 Å². The fourth-order valence-corrected chi connectivity index (χ4v) is 0.620. The van der Waals surface area contributed by atoms with Crippen LogP contribution < -0.4 is 5.32 Å². The first-order valence-electron chi connectivity index (χ1n) is 3.72. The maximum Gasteiger partial charge on any atom is 0.248 e. The van der Waals surface area contributed by atoms with Crippen LogP contribution in [0.15, 0.2) is 12.2 Å². The van der Waals surface area contributed by atoms with Crippen molar-refractivity contribution in [1.29, 1.82) is 0 Å². The zero-order valence-electron chi connectivity index (χ0n) is 7.05. The lowest BCUT2D eigenvalue weighted by atomic mass is 10.3. The molecule has 0 fully saturated rings. The van der Waals surface area contributed by atoms with Crippen LogP contribution in [-0.4, -0.2) is 17.2 Å². The van der Waals surface area contributed by atoms with Crippen molar-refractivity contribution in [1.82, 2.24) is 5.32 Å². The summed E-state index contributed by atoms with van der Waals surface area (Å²) < 4.78 is 0. The van der Waals surface area contributed by atoms with E-state index in [1.165, 1.54) is 0 Å². The van der Waals surface area contributed by atoms with Crippen molar-refractivity contribution in [3.8, 4) is 0 Å². The second-order valence-corrected chi connectivity index (χ2v) is 2.56. The van der Waals surface area contributed by atoms with E-state index < -0.39 is 6.23 Å². The molecule has 64 valence electrons. The molecule has 1 atom stereocenters. The molecular weight excluding hydrogens is 142 g/mol. The van der Waals surface area contributed by atoms with Gasteiger partial charge in [0.15, 0.2) is 0 Å². The standard InChI is InChI=1S/C8H15NO2/c1-4-5-7(10)9-8(11)6(2)3/h7,10H,2,4-5H2,1,3H3,(H,9,11). The Labute approximate surface area is 67.1 Å². The van der Waals surface area contributed by atoms with Crippen LogP contribution in [0.3, 0.4) is 0 Å². The van der Waals surface area contributed by atoms with Gasteiger partial charge in [-0.1, -0.05) is 19.9 Å². The number of aliphatic hydroxyl groups excluding tert-OH is 1. The van der Waals surface area contributed by atoms with Gasteiger partial charge < -0.3 is 10.4 Å². The third-order valence-electron chi connectivity index (χ3n) is 1.25. The second kappa shape index (κ2) is 4.91. The number of rotatable bonds is 4. The first-order chi connectivity index (χ1) is 5.07. The molecule has 2 N–H and O–H groups in total. The van der Waals surface area contributed by atoms with Crippen LogP contribution >= 0.6 is 0 Å². The van der Waals surface area contributed by atoms with Crippen LogP contribution in [0.1, 0.15) is 26.7 Å². The Balaban J connectivity index is 3.66. The zero-order chi connectivity index (χ0) is 8.85. The first kappa shape index (κ1) is 10.2. The van der Waals surface area contributed by atoms with Gasteiger partial charge in [-0.15, -0.1) is 0 Å². The highest BCUT2D eigenvalue weighted by Crippen LogP contribution is 1.94. The molecule has 0 heterocycles. The van der Waals surface area contributed by atoms with Crippen molar-refractivity contribution < 1.29 is 9.90 Å². The van der Waals surface area contributed by atoms with E-state index >= 15 is 0 Å². The molecule has 1 amide bonds. The maximum atomic E-state index is 10.9. The van der Waals surface area contributed by atoms with Gasteiger partial charge in [-0.3, -0.25) is 4.79 Å². The normalized spacial score (nSPS) is 12.3. The Morgan fingerprint density at radius 2 is 2.27 bits per heavy atom. The summed E-state index contributed by atoms with van der Waals surface area (Å²) in [4.78, 5) is 10.9. The van der Waals surface area contributed by atoms with E-state index in [0.29, 0.717) is 12.0 Å². The SMILES string of the molecule is C=C(C)C(=O)NC(O)CCC. The molecule has 1 unspecified atom stereocenters. The summed E-state index contributed by atoms with van der Waals surface area (Å²) in [6, 6.07) is 0. The molecule has 0 aliphatic carbocycles. The number of hydrogen-bond acceptors (Lipinski definition) is 2. The molecule has 3 heteroatoms. The number of amides is 1. The topological polar surface area (TPSA) is 49.3 Å². The Morgan fingerprint density at radius 1 is 1.73 bits per heavy atom. The monoisotopic (exact) mass is 157 g/mol. The van der Waals surface area contributed by atoms with Gasteiger partial charge in [-0.05, 0) is 13.3 Å². The molecule has 3 nitrogen and oxygen atoms in total. The molecule has 0 aliphatic rings. The average Bonchev–Trinajstić information content (AvgIpc) is 1.87. The first-order valence-corrected chi connectivity index (χ1v) is 3.72. The van der Waals surface area contributed by atoms with E-state index in [0.717, 1.165) is 6.42 Å². The fraction of sp³-hybridized carbons (Fsp3) is 0.625. The minimum atomic E-state index is -0.732. The molecule has 0 aromatic carbocycles. The van der Waals surface area contributed by atoms with E-state index in [4.69, 9.17) is 5.11 Å². The van der Waals surface area contributed by atoms with Crippen molar-refractivity contribution in [2.45, 2.75) is 32.9 Å². The van der Waals surface area contributed by atoms with Crippen LogP contribution in [0.4, 0.5) is 0 Å². The highest BCUT2D eigenvalue weighted by atomic mass is 16.3. The molecule has 0 aromatic rings. The molecule has 0 aromatic heterocycles. The highest BCUT2D eigenvalue weighted by Gasteiger charge is 2.06. The predicted octanol–water partition coefficient (Wildman–Crippen LogP) is 0.797. The van der Waals surface area contributed by atoms with Crippen molar-refractivity contribution in [3.63, 3.8) is 0 Å². The lowest BCUT2D eigenvalue weighted by molar-refractivity contribution is -0.120. The molecular formula is C8H15NO2. The van der Waals surface area contributed by atoms with Gasteiger partial charge >= 0.3 is 0 Å². The van der Waals surface area contributed by atoms with E-state index in [-0.39, 0.29) is 5.91 Å². The summed E-state index contributed by atoms with van der Waals surface area (Å²) in [7, 11) is 0. The quantitative estimate of drug-likeness (QED) is 0.468. The lowest BCUT2D eigenvalue weighted by Crippen LogP contribution is -2.34. The van der Waals surface area contributed by atoms with Crippen LogP contribution in [-0.2, 0) is 4.79 Å².